The highest BCUT2D eigenvalue weighted by Gasteiger charge is 2.30. The van der Waals surface area contributed by atoms with Gasteiger partial charge in [-0.05, 0) is 25.1 Å². The van der Waals surface area contributed by atoms with E-state index in [4.69, 9.17) is 27.9 Å². The molecular formula is C13H17Cl2NO3S. The van der Waals surface area contributed by atoms with E-state index in [-0.39, 0.29) is 17.6 Å². The second kappa shape index (κ2) is 6.52. The van der Waals surface area contributed by atoms with E-state index in [1.807, 2.05) is 6.92 Å². The highest BCUT2D eigenvalue weighted by atomic mass is 35.5. The number of sulfone groups is 1. The Morgan fingerprint density at radius 3 is 2.75 bits per heavy atom. The first kappa shape index (κ1) is 15.9. The largest absolute Gasteiger partial charge is 0.487 e. The van der Waals surface area contributed by atoms with Crippen LogP contribution in [0.3, 0.4) is 0 Å². The summed E-state index contributed by atoms with van der Waals surface area (Å²) in [6.45, 7) is 3.38. The minimum absolute atomic E-state index is 0.0482. The predicted octanol–water partition coefficient (Wildman–Crippen LogP) is 2.67. The lowest BCUT2D eigenvalue weighted by Crippen LogP contribution is -2.20. The van der Waals surface area contributed by atoms with Gasteiger partial charge in [0, 0.05) is 17.1 Å². The van der Waals surface area contributed by atoms with Gasteiger partial charge in [-0.1, -0.05) is 30.1 Å². The van der Waals surface area contributed by atoms with Crippen molar-refractivity contribution in [2.45, 2.75) is 26.0 Å². The monoisotopic (exact) mass is 337 g/mol. The van der Waals surface area contributed by atoms with Crippen molar-refractivity contribution in [1.29, 1.82) is 0 Å². The summed E-state index contributed by atoms with van der Waals surface area (Å²) in [6.07, 6.45) is 0.168. The molecule has 4 nitrogen and oxygen atoms in total. The maximum atomic E-state index is 11.5. The molecule has 0 amide bonds. The number of hydrogen-bond acceptors (Lipinski definition) is 4. The summed E-state index contributed by atoms with van der Waals surface area (Å²) in [5.74, 6) is 0.747. The number of halogens is 2. The van der Waals surface area contributed by atoms with E-state index in [1.165, 1.54) is 0 Å². The second-order valence-corrected chi connectivity index (χ2v) is 7.87. The number of nitrogens with one attached hydrogen (secondary N) is 1. The van der Waals surface area contributed by atoms with Gasteiger partial charge in [0.25, 0.3) is 0 Å². The van der Waals surface area contributed by atoms with Gasteiger partial charge < -0.3 is 10.1 Å². The van der Waals surface area contributed by atoms with E-state index in [0.717, 1.165) is 12.1 Å². The first-order chi connectivity index (χ1) is 9.41. The summed E-state index contributed by atoms with van der Waals surface area (Å²) >= 11 is 12.2. The molecule has 7 heteroatoms. The Bertz CT molecular complexity index is 590. The molecule has 1 aromatic rings. The molecule has 0 radical (unpaired) electrons. The summed E-state index contributed by atoms with van der Waals surface area (Å²) in [6, 6.07) is 3.40. The minimum atomic E-state index is -2.98. The molecule has 2 rings (SSSR count). The van der Waals surface area contributed by atoms with Gasteiger partial charge in [0.2, 0.25) is 0 Å². The predicted molar refractivity (Wildman–Crippen MR) is 81.5 cm³/mol. The molecule has 0 spiro atoms. The Hall–Kier alpha value is -0.490. The van der Waals surface area contributed by atoms with Crippen molar-refractivity contribution >= 4 is 33.0 Å². The molecule has 1 aromatic carbocycles. The van der Waals surface area contributed by atoms with E-state index >= 15 is 0 Å². The average Bonchev–Trinajstić information content (AvgIpc) is 2.70. The van der Waals surface area contributed by atoms with Gasteiger partial charge >= 0.3 is 0 Å². The van der Waals surface area contributed by atoms with Crippen LogP contribution in [-0.2, 0) is 16.4 Å². The number of rotatable bonds is 5. The molecule has 0 saturated carbocycles. The molecule has 1 aliphatic heterocycles. The Morgan fingerprint density at radius 2 is 2.15 bits per heavy atom. The molecule has 1 aliphatic rings. The van der Waals surface area contributed by atoms with E-state index < -0.39 is 9.84 Å². The van der Waals surface area contributed by atoms with Crippen molar-refractivity contribution in [2.75, 3.05) is 18.1 Å². The molecule has 0 aliphatic carbocycles. The zero-order valence-electron chi connectivity index (χ0n) is 11.2. The summed E-state index contributed by atoms with van der Waals surface area (Å²) in [5.41, 5.74) is 0.841. The summed E-state index contributed by atoms with van der Waals surface area (Å²) < 4.78 is 28.8. The smallest absolute Gasteiger partial charge is 0.154 e. The van der Waals surface area contributed by atoms with Crippen molar-refractivity contribution in [1.82, 2.24) is 5.32 Å². The van der Waals surface area contributed by atoms with E-state index in [1.54, 1.807) is 12.1 Å². The van der Waals surface area contributed by atoms with Gasteiger partial charge in [0.1, 0.15) is 11.9 Å². The number of benzene rings is 1. The maximum Gasteiger partial charge on any atom is 0.154 e. The van der Waals surface area contributed by atoms with Crippen LogP contribution in [-0.4, -0.2) is 32.6 Å². The van der Waals surface area contributed by atoms with Crippen molar-refractivity contribution < 1.29 is 13.2 Å². The lowest BCUT2D eigenvalue weighted by atomic mass is 10.2. The normalized spacial score (nSPS) is 21.1. The maximum absolute atomic E-state index is 11.5. The Kier molecular flexibility index (Phi) is 5.18. The van der Waals surface area contributed by atoms with E-state index in [0.29, 0.717) is 28.8 Å². The van der Waals surface area contributed by atoms with Crippen LogP contribution in [0.25, 0.3) is 0 Å². The molecule has 112 valence electrons. The van der Waals surface area contributed by atoms with Gasteiger partial charge in [-0.25, -0.2) is 8.42 Å². The third-order valence-electron chi connectivity index (χ3n) is 3.13. The fourth-order valence-electron chi connectivity index (χ4n) is 2.16. The van der Waals surface area contributed by atoms with Crippen molar-refractivity contribution in [2.24, 2.45) is 0 Å². The highest BCUT2D eigenvalue weighted by Crippen LogP contribution is 2.34. The van der Waals surface area contributed by atoms with Gasteiger partial charge in [-0.3, -0.25) is 0 Å². The first-order valence-electron chi connectivity index (χ1n) is 6.47. The molecule has 1 atom stereocenters. The van der Waals surface area contributed by atoms with Crippen LogP contribution in [0.4, 0.5) is 0 Å². The fourth-order valence-corrected chi connectivity index (χ4v) is 4.33. The molecule has 0 bridgehead atoms. The summed E-state index contributed by atoms with van der Waals surface area (Å²) in [5, 5.41) is 4.13. The van der Waals surface area contributed by atoms with Crippen LogP contribution in [0.5, 0.6) is 5.75 Å². The SMILES string of the molecule is CCNCc1cc(Cl)cc(Cl)c1OC1CCS(=O)(=O)C1. The summed E-state index contributed by atoms with van der Waals surface area (Å²) in [7, 11) is -2.98. The van der Waals surface area contributed by atoms with E-state index in [2.05, 4.69) is 5.32 Å². The standard InChI is InChI=1S/C13H17Cl2NO3S/c1-2-16-7-9-5-10(14)6-12(15)13(9)19-11-3-4-20(17,18)8-11/h5-6,11,16H,2-4,7-8H2,1H3. The molecular weight excluding hydrogens is 321 g/mol. The van der Waals surface area contributed by atoms with Crippen molar-refractivity contribution in [3.05, 3.63) is 27.7 Å². The van der Waals surface area contributed by atoms with Crippen LogP contribution >= 0.6 is 23.2 Å². The lowest BCUT2D eigenvalue weighted by molar-refractivity contribution is 0.226. The molecule has 1 N–H and O–H groups in total. The lowest BCUT2D eigenvalue weighted by Gasteiger charge is -2.18. The minimum Gasteiger partial charge on any atom is -0.487 e. The number of ether oxygens (including phenoxy) is 1. The van der Waals surface area contributed by atoms with Crippen LogP contribution in [0, 0.1) is 0 Å². The van der Waals surface area contributed by atoms with Gasteiger partial charge in [0.15, 0.2) is 9.84 Å². The van der Waals surface area contributed by atoms with Crippen molar-refractivity contribution in [3.63, 3.8) is 0 Å². The zero-order chi connectivity index (χ0) is 14.8. The summed E-state index contributed by atoms with van der Waals surface area (Å²) in [4.78, 5) is 0. The topological polar surface area (TPSA) is 55.4 Å². The Balaban J connectivity index is 2.21. The second-order valence-electron chi connectivity index (χ2n) is 4.80. The molecule has 1 heterocycles. The van der Waals surface area contributed by atoms with Crippen LogP contribution < -0.4 is 10.1 Å². The van der Waals surface area contributed by atoms with Crippen LogP contribution in [0.2, 0.25) is 10.0 Å². The Labute approximate surface area is 129 Å². The average molecular weight is 338 g/mol. The van der Waals surface area contributed by atoms with Crippen LogP contribution in [0.15, 0.2) is 12.1 Å². The van der Waals surface area contributed by atoms with Gasteiger partial charge in [0.05, 0.1) is 16.5 Å². The van der Waals surface area contributed by atoms with Crippen LogP contribution in [0.1, 0.15) is 18.9 Å². The van der Waals surface area contributed by atoms with Gasteiger partial charge in [-0.2, -0.15) is 0 Å². The third-order valence-corrected chi connectivity index (χ3v) is 5.36. The van der Waals surface area contributed by atoms with E-state index in [9.17, 15) is 8.42 Å². The molecule has 1 fully saturated rings. The van der Waals surface area contributed by atoms with Crippen molar-refractivity contribution in [3.8, 4) is 5.75 Å². The molecule has 1 saturated heterocycles. The Morgan fingerprint density at radius 1 is 1.40 bits per heavy atom. The third kappa shape index (κ3) is 4.01. The zero-order valence-corrected chi connectivity index (χ0v) is 13.5. The number of hydrogen-bond donors (Lipinski definition) is 1. The quantitative estimate of drug-likeness (QED) is 0.897. The molecule has 0 aromatic heterocycles. The molecule has 20 heavy (non-hydrogen) atoms. The fraction of sp³-hybridized carbons (Fsp3) is 0.538. The highest BCUT2D eigenvalue weighted by molar-refractivity contribution is 7.91. The van der Waals surface area contributed by atoms with Gasteiger partial charge in [-0.15, -0.1) is 0 Å². The molecule has 1 unspecified atom stereocenters. The first-order valence-corrected chi connectivity index (χ1v) is 9.04.